The summed E-state index contributed by atoms with van der Waals surface area (Å²) < 4.78 is 8.22. The summed E-state index contributed by atoms with van der Waals surface area (Å²) >= 11 is 5.19. The van der Waals surface area contributed by atoms with Gasteiger partial charge in [0.05, 0.1) is 13.2 Å². The van der Waals surface area contributed by atoms with E-state index in [1.54, 1.807) is 0 Å². The maximum absolute atomic E-state index is 5.32. The second kappa shape index (κ2) is 4.92. The van der Waals surface area contributed by atoms with E-state index in [0.29, 0.717) is 6.04 Å². The molecule has 0 bridgehead atoms. The van der Waals surface area contributed by atoms with Crippen LogP contribution in [0.1, 0.15) is 13.0 Å². The van der Waals surface area contributed by atoms with Gasteiger partial charge < -0.3 is 14.3 Å². The smallest absolute Gasteiger partial charge is 0.177 e. The minimum atomic E-state index is 0.418. The molecule has 0 aliphatic carbocycles. The average molecular weight is 227 g/mol. The predicted molar refractivity (Wildman–Crippen MR) is 61.6 cm³/mol. The van der Waals surface area contributed by atoms with Crippen LogP contribution in [0.2, 0.25) is 0 Å². The van der Waals surface area contributed by atoms with Crippen LogP contribution in [0.15, 0.2) is 12.4 Å². The van der Waals surface area contributed by atoms with E-state index in [0.717, 1.165) is 37.6 Å². The number of nitrogens with one attached hydrogen (secondary N) is 1. The van der Waals surface area contributed by atoms with Crippen LogP contribution in [0.25, 0.3) is 0 Å². The van der Waals surface area contributed by atoms with Crippen LogP contribution in [0.3, 0.4) is 0 Å². The van der Waals surface area contributed by atoms with Crippen molar-refractivity contribution in [2.75, 3.05) is 32.8 Å². The highest BCUT2D eigenvalue weighted by Gasteiger charge is 2.14. The van der Waals surface area contributed by atoms with E-state index < -0.39 is 0 Å². The Hall–Kier alpha value is -0.650. The summed E-state index contributed by atoms with van der Waals surface area (Å²) in [7, 11) is 0. The molecule has 0 amide bonds. The number of imidazole rings is 1. The molecule has 0 aromatic carbocycles. The van der Waals surface area contributed by atoms with Gasteiger partial charge >= 0.3 is 0 Å². The summed E-state index contributed by atoms with van der Waals surface area (Å²) in [4.78, 5) is 5.44. The van der Waals surface area contributed by atoms with Crippen LogP contribution in [0, 0.1) is 4.77 Å². The lowest BCUT2D eigenvalue weighted by Crippen LogP contribution is -2.39. The zero-order valence-electron chi connectivity index (χ0n) is 8.98. The Labute approximate surface area is 94.9 Å². The molecule has 1 atom stereocenters. The molecule has 1 unspecified atom stereocenters. The zero-order chi connectivity index (χ0) is 10.7. The lowest BCUT2D eigenvalue weighted by atomic mass is 10.3. The standard InChI is InChI=1S/C10H17N3OS/c1-9(13-3-2-11-10(13)15)8-12-4-6-14-7-5-12/h2-3,9H,4-8H2,1H3,(H,11,15). The van der Waals surface area contributed by atoms with E-state index in [4.69, 9.17) is 17.0 Å². The van der Waals surface area contributed by atoms with Gasteiger partial charge in [0.25, 0.3) is 0 Å². The fraction of sp³-hybridized carbons (Fsp3) is 0.700. The molecule has 15 heavy (non-hydrogen) atoms. The Bertz CT molecular complexity index is 354. The largest absolute Gasteiger partial charge is 0.379 e. The lowest BCUT2D eigenvalue weighted by molar-refractivity contribution is 0.0325. The Kier molecular flexibility index (Phi) is 3.56. The van der Waals surface area contributed by atoms with Gasteiger partial charge in [0, 0.05) is 38.1 Å². The molecule has 84 valence electrons. The highest BCUT2D eigenvalue weighted by molar-refractivity contribution is 7.71. The summed E-state index contributed by atoms with van der Waals surface area (Å²) in [5.74, 6) is 0. The molecular weight excluding hydrogens is 210 g/mol. The Morgan fingerprint density at radius 3 is 2.87 bits per heavy atom. The molecule has 0 spiro atoms. The van der Waals surface area contributed by atoms with Crippen molar-refractivity contribution in [3.63, 3.8) is 0 Å². The first-order valence-corrected chi connectivity index (χ1v) is 5.74. The van der Waals surface area contributed by atoms with Crippen LogP contribution < -0.4 is 0 Å². The third kappa shape index (κ3) is 2.68. The number of hydrogen-bond donors (Lipinski definition) is 1. The van der Waals surface area contributed by atoms with E-state index in [9.17, 15) is 0 Å². The average Bonchev–Trinajstić information content (AvgIpc) is 2.66. The molecule has 2 rings (SSSR count). The first kappa shape index (κ1) is 10.9. The monoisotopic (exact) mass is 227 g/mol. The van der Waals surface area contributed by atoms with Crippen molar-refractivity contribution in [3.05, 3.63) is 17.2 Å². The van der Waals surface area contributed by atoms with Crippen molar-refractivity contribution in [1.29, 1.82) is 0 Å². The number of H-pyrrole nitrogens is 1. The van der Waals surface area contributed by atoms with Crippen molar-refractivity contribution in [2.24, 2.45) is 0 Å². The molecule has 5 heteroatoms. The van der Waals surface area contributed by atoms with Crippen molar-refractivity contribution < 1.29 is 4.74 Å². The molecule has 0 saturated carbocycles. The highest BCUT2D eigenvalue weighted by Crippen LogP contribution is 2.09. The molecule has 1 aromatic heterocycles. The number of rotatable bonds is 3. The van der Waals surface area contributed by atoms with Crippen LogP contribution in [-0.2, 0) is 4.74 Å². The van der Waals surface area contributed by atoms with Gasteiger partial charge in [0.2, 0.25) is 0 Å². The van der Waals surface area contributed by atoms with E-state index in [1.807, 2.05) is 12.4 Å². The molecule has 1 N–H and O–H groups in total. The first-order valence-electron chi connectivity index (χ1n) is 5.33. The number of aromatic nitrogens is 2. The summed E-state index contributed by atoms with van der Waals surface area (Å²) in [5, 5.41) is 0. The van der Waals surface area contributed by atoms with Gasteiger partial charge in [-0.05, 0) is 19.1 Å². The minimum Gasteiger partial charge on any atom is -0.379 e. The third-order valence-electron chi connectivity index (χ3n) is 2.78. The van der Waals surface area contributed by atoms with Crippen LogP contribution in [0.4, 0.5) is 0 Å². The number of ether oxygens (including phenoxy) is 1. The molecule has 1 aliphatic heterocycles. The first-order chi connectivity index (χ1) is 7.27. The summed E-state index contributed by atoms with van der Waals surface area (Å²) in [6, 6.07) is 0.418. The van der Waals surface area contributed by atoms with E-state index in [1.165, 1.54) is 0 Å². The maximum atomic E-state index is 5.32. The fourth-order valence-electron chi connectivity index (χ4n) is 1.92. The van der Waals surface area contributed by atoms with Crippen molar-refractivity contribution in [3.8, 4) is 0 Å². The molecule has 4 nitrogen and oxygen atoms in total. The Balaban J connectivity index is 1.94. The molecule has 2 heterocycles. The van der Waals surface area contributed by atoms with Crippen LogP contribution in [0.5, 0.6) is 0 Å². The summed E-state index contributed by atoms with van der Waals surface area (Å²) in [5.41, 5.74) is 0. The van der Waals surface area contributed by atoms with Crippen molar-refractivity contribution in [1.82, 2.24) is 14.5 Å². The molecule has 1 fully saturated rings. The van der Waals surface area contributed by atoms with Gasteiger partial charge in [0.1, 0.15) is 0 Å². The molecule has 1 aliphatic rings. The zero-order valence-corrected chi connectivity index (χ0v) is 9.80. The normalized spacial score (nSPS) is 20.3. The van der Waals surface area contributed by atoms with E-state index in [-0.39, 0.29) is 0 Å². The van der Waals surface area contributed by atoms with Crippen molar-refractivity contribution >= 4 is 12.2 Å². The Morgan fingerprint density at radius 2 is 2.27 bits per heavy atom. The summed E-state index contributed by atoms with van der Waals surface area (Å²) in [6.45, 7) is 7.00. The van der Waals surface area contributed by atoms with Gasteiger partial charge in [0.15, 0.2) is 4.77 Å². The van der Waals surface area contributed by atoms with Crippen molar-refractivity contribution in [2.45, 2.75) is 13.0 Å². The number of nitrogens with zero attached hydrogens (tertiary/aromatic N) is 2. The van der Waals surface area contributed by atoms with Gasteiger partial charge in [-0.25, -0.2) is 0 Å². The van der Waals surface area contributed by atoms with Gasteiger partial charge in [-0.2, -0.15) is 0 Å². The predicted octanol–water partition coefficient (Wildman–Crippen LogP) is 1.44. The molecular formula is C10H17N3OS. The SMILES string of the molecule is CC(CN1CCOCC1)n1cc[nH]c1=S. The lowest BCUT2D eigenvalue weighted by Gasteiger charge is -2.29. The van der Waals surface area contributed by atoms with Gasteiger partial charge in [-0.15, -0.1) is 0 Å². The second-order valence-electron chi connectivity index (χ2n) is 3.93. The van der Waals surface area contributed by atoms with E-state index >= 15 is 0 Å². The number of aromatic amines is 1. The fourth-order valence-corrected chi connectivity index (χ4v) is 2.23. The van der Waals surface area contributed by atoms with E-state index in [2.05, 4.69) is 21.4 Å². The quantitative estimate of drug-likeness (QED) is 0.793. The maximum Gasteiger partial charge on any atom is 0.177 e. The molecule has 1 saturated heterocycles. The topological polar surface area (TPSA) is 33.2 Å². The molecule has 0 radical (unpaired) electrons. The minimum absolute atomic E-state index is 0.418. The van der Waals surface area contributed by atoms with Crippen LogP contribution >= 0.6 is 12.2 Å². The van der Waals surface area contributed by atoms with Crippen LogP contribution in [-0.4, -0.2) is 47.3 Å². The number of hydrogen-bond acceptors (Lipinski definition) is 3. The van der Waals surface area contributed by atoms with Gasteiger partial charge in [-0.3, -0.25) is 4.90 Å². The third-order valence-corrected chi connectivity index (χ3v) is 3.11. The Morgan fingerprint density at radius 1 is 1.53 bits per heavy atom. The second-order valence-corrected chi connectivity index (χ2v) is 4.32. The van der Waals surface area contributed by atoms with Gasteiger partial charge in [-0.1, -0.05) is 0 Å². The highest BCUT2D eigenvalue weighted by atomic mass is 32.1. The summed E-state index contributed by atoms with van der Waals surface area (Å²) in [6.07, 6.45) is 3.89. The number of morpholine rings is 1. The molecule has 1 aromatic rings.